The lowest BCUT2D eigenvalue weighted by Crippen LogP contribution is -2.30. The highest BCUT2D eigenvalue weighted by atomic mass is 16.1. The number of carbonyl (C=O) groups excluding carboxylic acids is 2. The maximum absolute atomic E-state index is 11.9. The van der Waals surface area contributed by atoms with Crippen molar-refractivity contribution in [2.75, 3.05) is 0 Å². The molecule has 0 amide bonds. The van der Waals surface area contributed by atoms with Crippen LogP contribution >= 0.6 is 0 Å². The van der Waals surface area contributed by atoms with Crippen LogP contribution in [0.5, 0.6) is 0 Å². The average Bonchev–Trinajstić information content (AvgIpc) is 2.39. The summed E-state index contributed by atoms with van der Waals surface area (Å²) in [5.41, 5.74) is 6.49. The van der Waals surface area contributed by atoms with Crippen LogP contribution in [0.3, 0.4) is 0 Å². The molecule has 1 atom stereocenters. The third-order valence-corrected chi connectivity index (χ3v) is 2.89. The molecule has 0 aliphatic rings. The molecule has 1 unspecified atom stereocenters. The van der Waals surface area contributed by atoms with Gasteiger partial charge in [-0.2, -0.15) is 0 Å². The normalized spacial score (nSPS) is 12.1. The van der Waals surface area contributed by atoms with Crippen molar-refractivity contribution in [2.24, 2.45) is 5.73 Å². The molecule has 0 aromatic heterocycles. The molecule has 0 saturated carbocycles. The van der Waals surface area contributed by atoms with Crippen LogP contribution in [0.15, 0.2) is 30.3 Å². The Morgan fingerprint density at radius 3 is 2.44 bits per heavy atom. The number of hydrogen-bond acceptors (Lipinski definition) is 3. The van der Waals surface area contributed by atoms with Gasteiger partial charge in [-0.05, 0) is 19.3 Å². The van der Waals surface area contributed by atoms with Gasteiger partial charge in [-0.25, -0.2) is 0 Å². The highest BCUT2D eigenvalue weighted by Crippen LogP contribution is 2.08. The average molecular weight is 247 g/mol. The first-order valence-electron chi connectivity index (χ1n) is 6.51. The molecule has 3 heteroatoms. The maximum Gasteiger partial charge on any atom is 0.179 e. The molecule has 0 spiro atoms. The summed E-state index contributed by atoms with van der Waals surface area (Å²) in [6.45, 7) is 1.99. The van der Waals surface area contributed by atoms with Gasteiger partial charge in [0.15, 0.2) is 5.78 Å². The van der Waals surface area contributed by atoms with Gasteiger partial charge < -0.3 is 5.73 Å². The van der Waals surface area contributed by atoms with Crippen LogP contribution in [0.1, 0.15) is 49.4 Å². The summed E-state index contributed by atoms with van der Waals surface area (Å²) in [5, 5.41) is 0. The topological polar surface area (TPSA) is 60.2 Å². The summed E-state index contributed by atoms with van der Waals surface area (Å²) in [4.78, 5) is 23.3. The second-order valence-corrected chi connectivity index (χ2v) is 4.52. The Morgan fingerprint density at radius 2 is 1.83 bits per heavy atom. The van der Waals surface area contributed by atoms with Crippen LogP contribution < -0.4 is 5.73 Å². The quantitative estimate of drug-likeness (QED) is 0.718. The van der Waals surface area contributed by atoms with Gasteiger partial charge >= 0.3 is 0 Å². The first kappa shape index (κ1) is 14.6. The van der Waals surface area contributed by atoms with E-state index in [1.54, 1.807) is 12.1 Å². The molecule has 0 aliphatic carbocycles. The highest BCUT2D eigenvalue weighted by Gasteiger charge is 2.15. The van der Waals surface area contributed by atoms with E-state index in [0.717, 1.165) is 6.42 Å². The number of hydrogen-bond donors (Lipinski definition) is 1. The van der Waals surface area contributed by atoms with Crippen molar-refractivity contribution in [1.82, 2.24) is 0 Å². The van der Waals surface area contributed by atoms with E-state index >= 15 is 0 Å². The van der Waals surface area contributed by atoms with E-state index in [-0.39, 0.29) is 11.6 Å². The molecule has 0 bridgehead atoms. The third kappa shape index (κ3) is 4.80. The van der Waals surface area contributed by atoms with Crippen LogP contribution in [-0.2, 0) is 4.79 Å². The molecule has 98 valence electrons. The molecular weight excluding hydrogens is 226 g/mol. The zero-order valence-corrected chi connectivity index (χ0v) is 10.9. The standard InChI is InChI=1S/C15H21NO2/c1-2-7-13(17)10-6-11-14(16)15(18)12-8-4-3-5-9-12/h3-5,8-9,14H,2,6-7,10-11,16H2,1H3. The third-order valence-electron chi connectivity index (χ3n) is 2.89. The van der Waals surface area contributed by atoms with Gasteiger partial charge in [0.05, 0.1) is 6.04 Å². The number of nitrogens with two attached hydrogens (primary N) is 1. The van der Waals surface area contributed by atoms with Crippen molar-refractivity contribution in [3.05, 3.63) is 35.9 Å². The first-order chi connectivity index (χ1) is 8.65. The highest BCUT2D eigenvalue weighted by molar-refractivity contribution is 5.99. The van der Waals surface area contributed by atoms with Crippen molar-refractivity contribution in [2.45, 2.75) is 45.1 Å². The summed E-state index contributed by atoms with van der Waals surface area (Å²) in [5.74, 6) is 0.218. The minimum Gasteiger partial charge on any atom is -0.321 e. The van der Waals surface area contributed by atoms with Gasteiger partial charge in [0.2, 0.25) is 0 Å². The summed E-state index contributed by atoms with van der Waals surface area (Å²) in [6, 6.07) is 8.55. The molecule has 1 rings (SSSR count). The fourth-order valence-corrected chi connectivity index (χ4v) is 1.87. The van der Waals surface area contributed by atoms with E-state index in [9.17, 15) is 9.59 Å². The summed E-state index contributed by atoms with van der Waals surface area (Å²) >= 11 is 0. The van der Waals surface area contributed by atoms with E-state index < -0.39 is 6.04 Å². The second-order valence-electron chi connectivity index (χ2n) is 4.52. The smallest absolute Gasteiger partial charge is 0.179 e. The Labute approximate surface area is 108 Å². The van der Waals surface area contributed by atoms with Gasteiger partial charge in [-0.1, -0.05) is 37.3 Å². The second kappa shape index (κ2) is 7.77. The molecule has 0 fully saturated rings. The molecule has 18 heavy (non-hydrogen) atoms. The fraction of sp³-hybridized carbons (Fsp3) is 0.467. The van der Waals surface area contributed by atoms with Crippen molar-refractivity contribution in [3.8, 4) is 0 Å². The van der Waals surface area contributed by atoms with Gasteiger partial charge in [-0.3, -0.25) is 9.59 Å². The van der Waals surface area contributed by atoms with Crippen LogP contribution in [0, 0.1) is 0 Å². The Balaban J connectivity index is 2.35. The van der Waals surface area contributed by atoms with Crippen molar-refractivity contribution >= 4 is 11.6 Å². The Bertz CT molecular complexity index is 387. The van der Waals surface area contributed by atoms with E-state index in [2.05, 4.69) is 0 Å². The van der Waals surface area contributed by atoms with Crippen LogP contribution in [-0.4, -0.2) is 17.6 Å². The molecule has 1 aromatic rings. The predicted octanol–water partition coefficient (Wildman–Crippen LogP) is 2.74. The number of rotatable bonds is 8. The minimum atomic E-state index is -0.498. The maximum atomic E-state index is 11.9. The van der Waals surface area contributed by atoms with E-state index in [4.69, 9.17) is 5.73 Å². The lowest BCUT2D eigenvalue weighted by Gasteiger charge is -2.10. The van der Waals surface area contributed by atoms with Crippen LogP contribution in [0.25, 0.3) is 0 Å². The van der Waals surface area contributed by atoms with Crippen molar-refractivity contribution in [3.63, 3.8) is 0 Å². The SMILES string of the molecule is CCCC(=O)CCCC(N)C(=O)c1ccccc1. The van der Waals surface area contributed by atoms with Gasteiger partial charge in [0.25, 0.3) is 0 Å². The van der Waals surface area contributed by atoms with Crippen LogP contribution in [0.4, 0.5) is 0 Å². The van der Waals surface area contributed by atoms with Gasteiger partial charge in [0, 0.05) is 18.4 Å². The Kier molecular flexibility index (Phi) is 6.29. The number of carbonyl (C=O) groups is 2. The van der Waals surface area contributed by atoms with Crippen LogP contribution in [0.2, 0.25) is 0 Å². The summed E-state index contributed by atoms with van der Waals surface area (Å²) < 4.78 is 0. The zero-order valence-electron chi connectivity index (χ0n) is 10.9. The van der Waals surface area contributed by atoms with Crippen molar-refractivity contribution in [1.29, 1.82) is 0 Å². The van der Waals surface area contributed by atoms with E-state index in [1.165, 1.54) is 0 Å². The molecule has 3 nitrogen and oxygen atoms in total. The van der Waals surface area contributed by atoms with Crippen molar-refractivity contribution < 1.29 is 9.59 Å². The number of benzene rings is 1. The monoisotopic (exact) mass is 247 g/mol. The molecule has 0 radical (unpaired) electrons. The lowest BCUT2D eigenvalue weighted by molar-refractivity contribution is -0.119. The van der Waals surface area contributed by atoms with E-state index in [1.807, 2.05) is 25.1 Å². The number of Topliss-reactive ketones (excluding diaryl/α,β-unsaturated/α-hetero) is 2. The molecule has 2 N–H and O–H groups in total. The molecule has 0 heterocycles. The van der Waals surface area contributed by atoms with E-state index in [0.29, 0.717) is 31.2 Å². The Hall–Kier alpha value is -1.48. The number of ketones is 2. The minimum absolute atomic E-state index is 0.0430. The molecule has 0 aliphatic heterocycles. The first-order valence-corrected chi connectivity index (χ1v) is 6.51. The lowest BCUT2D eigenvalue weighted by atomic mass is 9.99. The van der Waals surface area contributed by atoms with Gasteiger partial charge in [-0.15, -0.1) is 0 Å². The molecule has 1 aromatic carbocycles. The molecule has 0 saturated heterocycles. The molecular formula is C15H21NO2. The van der Waals surface area contributed by atoms with Gasteiger partial charge in [0.1, 0.15) is 5.78 Å². The summed E-state index contributed by atoms with van der Waals surface area (Å²) in [6.07, 6.45) is 3.31. The summed E-state index contributed by atoms with van der Waals surface area (Å²) in [7, 11) is 0. The Morgan fingerprint density at radius 1 is 1.17 bits per heavy atom. The predicted molar refractivity (Wildman–Crippen MR) is 72.5 cm³/mol. The largest absolute Gasteiger partial charge is 0.321 e. The fourth-order valence-electron chi connectivity index (χ4n) is 1.87. The zero-order chi connectivity index (χ0) is 13.4.